The zero-order chi connectivity index (χ0) is 20.5. The van der Waals surface area contributed by atoms with Crippen molar-refractivity contribution in [3.63, 3.8) is 0 Å². The molecule has 1 fully saturated rings. The molecule has 0 spiro atoms. The Labute approximate surface area is 161 Å². The second-order valence-electron chi connectivity index (χ2n) is 7.05. The fourth-order valence-corrected chi connectivity index (χ4v) is 3.16. The fourth-order valence-electron chi connectivity index (χ4n) is 3.16. The van der Waals surface area contributed by atoms with E-state index in [1.807, 2.05) is 13.8 Å². The summed E-state index contributed by atoms with van der Waals surface area (Å²) in [6, 6.07) is 5.46. The summed E-state index contributed by atoms with van der Waals surface area (Å²) in [5, 5.41) is 12.0. The Hall–Kier alpha value is -3.23. The number of hydrogen-bond acceptors (Lipinski definition) is 4. The molecule has 3 rings (SSSR count). The van der Waals surface area contributed by atoms with Crippen molar-refractivity contribution >= 4 is 17.8 Å². The minimum Gasteiger partial charge on any atom is -0.352 e. The maximum absolute atomic E-state index is 13.1. The van der Waals surface area contributed by atoms with E-state index in [9.17, 15) is 18.8 Å². The first kappa shape index (κ1) is 19.5. The second kappa shape index (κ2) is 7.41. The third kappa shape index (κ3) is 3.88. The average molecular weight is 387 g/mol. The molecule has 8 nitrogen and oxygen atoms in total. The molecule has 1 aromatic carbocycles. The number of aryl methyl sites for hydroxylation is 1. The summed E-state index contributed by atoms with van der Waals surface area (Å²) in [5.74, 6) is -0.986. The molecule has 1 saturated heterocycles. The highest BCUT2D eigenvalue weighted by molar-refractivity contribution is 6.06. The molecule has 4 amide bonds. The second-order valence-corrected chi connectivity index (χ2v) is 7.05. The van der Waals surface area contributed by atoms with Crippen molar-refractivity contribution in [1.82, 2.24) is 25.7 Å². The summed E-state index contributed by atoms with van der Waals surface area (Å²) in [4.78, 5) is 35.3. The van der Waals surface area contributed by atoms with Gasteiger partial charge in [-0.25, -0.2) is 13.9 Å². The third-order valence-corrected chi connectivity index (χ3v) is 4.94. The van der Waals surface area contributed by atoms with E-state index in [1.165, 1.54) is 12.1 Å². The predicted molar refractivity (Wildman–Crippen MR) is 99.2 cm³/mol. The van der Waals surface area contributed by atoms with Crippen LogP contribution in [0, 0.1) is 19.7 Å². The Kier molecular flexibility index (Phi) is 5.17. The number of imide groups is 1. The quantitative estimate of drug-likeness (QED) is 0.655. The van der Waals surface area contributed by atoms with Crippen molar-refractivity contribution in [2.75, 3.05) is 0 Å². The molecule has 2 heterocycles. The maximum atomic E-state index is 13.1. The summed E-state index contributed by atoms with van der Waals surface area (Å²) in [6.45, 7) is 5.59. The zero-order valence-corrected chi connectivity index (χ0v) is 15.9. The Balaban J connectivity index is 1.61. The lowest BCUT2D eigenvalue weighted by atomic mass is 9.96. The minimum absolute atomic E-state index is 0.0917. The van der Waals surface area contributed by atoms with Crippen LogP contribution in [0.4, 0.5) is 9.18 Å². The summed E-state index contributed by atoms with van der Waals surface area (Å²) in [7, 11) is 0. The maximum Gasteiger partial charge on any atom is 0.322 e. The van der Waals surface area contributed by atoms with E-state index in [-0.39, 0.29) is 31.1 Å². The van der Waals surface area contributed by atoms with Gasteiger partial charge < -0.3 is 10.6 Å². The molecule has 0 aliphatic carbocycles. The summed E-state index contributed by atoms with van der Waals surface area (Å²) in [6.07, 6.45) is 0.289. The van der Waals surface area contributed by atoms with Gasteiger partial charge in [-0.2, -0.15) is 5.10 Å². The molecule has 0 radical (unpaired) electrons. The number of nitrogens with one attached hydrogen (secondary N) is 3. The van der Waals surface area contributed by atoms with Gasteiger partial charge in [-0.3, -0.25) is 14.9 Å². The van der Waals surface area contributed by atoms with Crippen LogP contribution in [0.25, 0.3) is 5.69 Å². The number of nitrogens with zero attached hydrogens (tertiary/aromatic N) is 2. The van der Waals surface area contributed by atoms with Gasteiger partial charge in [-0.15, -0.1) is 0 Å². The lowest BCUT2D eigenvalue weighted by molar-refractivity contribution is -0.124. The van der Waals surface area contributed by atoms with Gasteiger partial charge in [0.15, 0.2) is 0 Å². The molecule has 148 valence electrons. The lowest BCUT2D eigenvalue weighted by Crippen LogP contribution is -2.44. The zero-order valence-electron chi connectivity index (χ0n) is 15.9. The molecule has 2 aromatic rings. The number of urea groups is 1. The van der Waals surface area contributed by atoms with Crippen LogP contribution in [-0.2, 0) is 16.1 Å². The topological polar surface area (TPSA) is 105 Å². The summed E-state index contributed by atoms with van der Waals surface area (Å²) < 4.78 is 14.8. The molecular weight excluding hydrogens is 365 g/mol. The molecule has 0 unspecified atom stereocenters. The van der Waals surface area contributed by atoms with E-state index in [0.717, 1.165) is 22.6 Å². The van der Waals surface area contributed by atoms with Crippen LogP contribution < -0.4 is 16.0 Å². The first-order chi connectivity index (χ1) is 13.2. The van der Waals surface area contributed by atoms with Crippen molar-refractivity contribution in [1.29, 1.82) is 0 Å². The van der Waals surface area contributed by atoms with Crippen molar-refractivity contribution in [2.24, 2.45) is 0 Å². The van der Waals surface area contributed by atoms with E-state index in [0.29, 0.717) is 0 Å². The number of carbonyl (C=O) groups excluding carboxylic acids is 3. The van der Waals surface area contributed by atoms with Gasteiger partial charge in [0.1, 0.15) is 11.4 Å². The van der Waals surface area contributed by atoms with Gasteiger partial charge in [0.2, 0.25) is 5.91 Å². The molecule has 0 bridgehead atoms. The average Bonchev–Trinajstić information content (AvgIpc) is 3.07. The SMILES string of the molecule is Cc1nn(-c2ccc(F)cc2)c(C)c1CNC(=O)CC[C@@]1(C)NC(=O)NC1=O. The molecule has 3 N–H and O–H groups in total. The van der Waals surface area contributed by atoms with E-state index in [1.54, 1.807) is 23.7 Å². The first-order valence-corrected chi connectivity index (χ1v) is 8.91. The van der Waals surface area contributed by atoms with Crippen LogP contribution in [0.15, 0.2) is 24.3 Å². The Morgan fingerprint density at radius 3 is 2.54 bits per heavy atom. The van der Waals surface area contributed by atoms with Gasteiger partial charge in [0.25, 0.3) is 5.91 Å². The number of hydrogen-bond donors (Lipinski definition) is 3. The monoisotopic (exact) mass is 387 g/mol. The van der Waals surface area contributed by atoms with Crippen molar-refractivity contribution < 1.29 is 18.8 Å². The van der Waals surface area contributed by atoms with Gasteiger partial charge >= 0.3 is 6.03 Å². The number of halogens is 1. The highest BCUT2D eigenvalue weighted by atomic mass is 19.1. The van der Waals surface area contributed by atoms with Crippen molar-refractivity contribution in [3.8, 4) is 5.69 Å². The number of aromatic nitrogens is 2. The van der Waals surface area contributed by atoms with Gasteiger partial charge in [-0.05, 0) is 51.5 Å². The number of rotatable bonds is 6. The molecular formula is C19H22FN5O3. The normalized spacial score (nSPS) is 18.7. The molecule has 1 aliphatic rings. The smallest absolute Gasteiger partial charge is 0.322 e. The van der Waals surface area contributed by atoms with Gasteiger partial charge in [0.05, 0.1) is 11.4 Å². The van der Waals surface area contributed by atoms with Crippen LogP contribution in [0.1, 0.15) is 36.7 Å². The first-order valence-electron chi connectivity index (χ1n) is 8.91. The summed E-state index contributed by atoms with van der Waals surface area (Å²) >= 11 is 0. The molecule has 1 aliphatic heterocycles. The van der Waals surface area contributed by atoms with Crippen LogP contribution in [0.3, 0.4) is 0 Å². The van der Waals surface area contributed by atoms with Crippen LogP contribution in [0.5, 0.6) is 0 Å². The Morgan fingerprint density at radius 2 is 1.93 bits per heavy atom. The lowest BCUT2D eigenvalue weighted by Gasteiger charge is -2.19. The molecule has 1 atom stereocenters. The van der Waals surface area contributed by atoms with Crippen molar-refractivity contribution in [2.45, 2.75) is 45.7 Å². The standard InChI is InChI=1S/C19H22FN5O3/c1-11-15(12(2)25(24-11)14-6-4-13(20)5-7-14)10-21-16(26)8-9-19(3)17(27)22-18(28)23-19/h4-7H,8-10H2,1-3H3,(H,21,26)(H2,22,23,27,28)/t19-/m1/s1. The van der Waals surface area contributed by atoms with E-state index >= 15 is 0 Å². The van der Waals surface area contributed by atoms with Crippen LogP contribution in [0.2, 0.25) is 0 Å². The Bertz CT molecular complexity index is 938. The van der Waals surface area contributed by atoms with E-state index < -0.39 is 17.5 Å². The number of carbonyl (C=O) groups is 3. The number of benzene rings is 1. The molecule has 1 aromatic heterocycles. The van der Waals surface area contributed by atoms with Crippen LogP contribution in [-0.4, -0.2) is 33.2 Å². The Morgan fingerprint density at radius 1 is 1.25 bits per heavy atom. The highest BCUT2D eigenvalue weighted by Crippen LogP contribution is 2.19. The van der Waals surface area contributed by atoms with Gasteiger partial charge in [-0.1, -0.05) is 0 Å². The minimum atomic E-state index is -1.08. The van der Waals surface area contributed by atoms with E-state index in [2.05, 4.69) is 21.0 Å². The fraction of sp³-hybridized carbons (Fsp3) is 0.368. The molecule has 28 heavy (non-hydrogen) atoms. The van der Waals surface area contributed by atoms with Crippen molar-refractivity contribution in [3.05, 3.63) is 47.0 Å². The third-order valence-electron chi connectivity index (χ3n) is 4.94. The largest absolute Gasteiger partial charge is 0.352 e. The molecule has 0 saturated carbocycles. The van der Waals surface area contributed by atoms with E-state index in [4.69, 9.17) is 0 Å². The summed E-state index contributed by atoms with van der Waals surface area (Å²) in [5.41, 5.74) is 2.13. The number of amides is 4. The highest BCUT2D eigenvalue weighted by Gasteiger charge is 2.41. The van der Waals surface area contributed by atoms with Gasteiger partial charge in [0, 0.05) is 24.2 Å². The molecule has 9 heteroatoms. The predicted octanol–water partition coefficient (Wildman–Crippen LogP) is 1.62. The van der Waals surface area contributed by atoms with Crippen LogP contribution >= 0.6 is 0 Å².